The Morgan fingerprint density at radius 2 is 1.96 bits per heavy atom. The summed E-state index contributed by atoms with van der Waals surface area (Å²) in [6.45, 7) is 5.68. The lowest BCUT2D eigenvalue weighted by Gasteiger charge is -2.16. The van der Waals surface area contributed by atoms with Crippen LogP contribution in [0.5, 0.6) is 0 Å². The zero-order valence-corrected chi connectivity index (χ0v) is 15.2. The molecule has 1 heterocycles. The maximum Gasteiger partial charge on any atom is 0.374 e. The van der Waals surface area contributed by atoms with Crippen molar-refractivity contribution in [3.63, 3.8) is 0 Å². The van der Waals surface area contributed by atoms with E-state index in [-0.39, 0.29) is 24.3 Å². The quantitative estimate of drug-likeness (QED) is 0.801. The first-order valence-corrected chi connectivity index (χ1v) is 7.88. The number of carboxylic acids is 1. The summed E-state index contributed by atoms with van der Waals surface area (Å²) in [4.78, 5) is 20.9. The minimum Gasteiger partial charge on any atom is -0.475 e. The Kier molecular flexibility index (Phi) is 7.12. The first-order valence-electron chi connectivity index (χ1n) is 6.69. The van der Waals surface area contributed by atoms with Crippen LogP contribution < -0.4 is 5.32 Å². The van der Waals surface area contributed by atoms with Gasteiger partial charge < -0.3 is 10.4 Å². The Balaban J connectivity index is 0.00000264. The van der Waals surface area contributed by atoms with Gasteiger partial charge in [0, 0.05) is 10.9 Å². The minimum atomic E-state index is -1.15. The highest BCUT2D eigenvalue weighted by Crippen LogP contribution is 2.38. The van der Waals surface area contributed by atoms with Crippen LogP contribution in [0.2, 0.25) is 5.02 Å². The number of hydrogen-bond donors (Lipinski definition) is 2. The molecule has 8 heteroatoms. The third kappa shape index (κ3) is 4.99. The molecule has 23 heavy (non-hydrogen) atoms. The first kappa shape index (κ1) is 19.5. The molecule has 0 fully saturated rings. The topological polar surface area (TPSA) is 75.1 Å². The lowest BCUT2D eigenvalue weighted by Crippen LogP contribution is -2.16. The predicted octanol–water partition coefficient (Wildman–Crippen LogP) is 4.53. The number of aromatic carboxylic acids is 1. The predicted molar refractivity (Wildman–Crippen MR) is 95.3 cm³/mol. The van der Waals surface area contributed by atoms with Crippen LogP contribution in [0, 0.1) is 6.92 Å². The SMILES string of the molecule is Cc1nc(C(=O)O)nc(NC(C)C)c1Sc1ccccc1Cl.Cl. The van der Waals surface area contributed by atoms with Crippen molar-refractivity contribution in [2.75, 3.05) is 5.32 Å². The molecule has 124 valence electrons. The standard InChI is InChI=1S/C15H16ClN3O2S.ClH/c1-8(2)17-13-12(9(3)18-14(19-13)15(20)21)22-11-7-5-4-6-10(11)16;/h4-8H,1-3H3,(H,20,21)(H,17,18,19);1H. The molecule has 0 spiro atoms. The van der Waals surface area contributed by atoms with Gasteiger partial charge in [-0.05, 0) is 32.9 Å². The fourth-order valence-electron chi connectivity index (χ4n) is 1.79. The Morgan fingerprint density at radius 1 is 1.30 bits per heavy atom. The number of halogens is 2. The molecule has 1 aromatic carbocycles. The molecule has 5 nitrogen and oxygen atoms in total. The molecular weight excluding hydrogens is 357 g/mol. The number of nitrogens with one attached hydrogen (secondary N) is 1. The molecule has 2 aromatic rings. The molecule has 0 aliphatic heterocycles. The van der Waals surface area contributed by atoms with Crippen molar-refractivity contribution in [2.45, 2.75) is 36.6 Å². The van der Waals surface area contributed by atoms with Gasteiger partial charge >= 0.3 is 5.97 Å². The average Bonchev–Trinajstić information content (AvgIpc) is 2.43. The number of benzene rings is 1. The van der Waals surface area contributed by atoms with Crippen molar-refractivity contribution in [3.8, 4) is 0 Å². The van der Waals surface area contributed by atoms with E-state index in [4.69, 9.17) is 16.7 Å². The van der Waals surface area contributed by atoms with Crippen LogP contribution in [-0.4, -0.2) is 27.1 Å². The summed E-state index contributed by atoms with van der Waals surface area (Å²) >= 11 is 7.61. The van der Waals surface area contributed by atoms with Crippen LogP contribution in [0.15, 0.2) is 34.1 Å². The van der Waals surface area contributed by atoms with Crippen LogP contribution in [0.1, 0.15) is 30.2 Å². The van der Waals surface area contributed by atoms with Crippen LogP contribution in [0.25, 0.3) is 0 Å². The van der Waals surface area contributed by atoms with Crippen LogP contribution in [0.3, 0.4) is 0 Å². The lowest BCUT2D eigenvalue weighted by molar-refractivity contribution is 0.0683. The Labute approximate surface area is 150 Å². The van der Waals surface area contributed by atoms with Crippen LogP contribution >= 0.6 is 35.8 Å². The van der Waals surface area contributed by atoms with Gasteiger partial charge in [-0.2, -0.15) is 0 Å². The average molecular weight is 374 g/mol. The Bertz CT molecular complexity index is 711. The third-order valence-electron chi connectivity index (χ3n) is 2.70. The maximum atomic E-state index is 11.1. The van der Waals surface area contributed by atoms with E-state index < -0.39 is 5.97 Å². The van der Waals surface area contributed by atoms with Crippen LogP contribution in [-0.2, 0) is 0 Å². The summed E-state index contributed by atoms with van der Waals surface area (Å²) in [6, 6.07) is 7.57. The molecular formula is C15H17Cl2N3O2S. The summed E-state index contributed by atoms with van der Waals surface area (Å²) in [5.41, 5.74) is 0.598. The maximum absolute atomic E-state index is 11.1. The number of carboxylic acid groups (broad SMARTS) is 1. The summed E-state index contributed by atoms with van der Waals surface area (Å²) < 4.78 is 0. The van der Waals surface area contributed by atoms with E-state index in [0.717, 1.165) is 9.79 Å². The van der Waals surface area contributed by atoms with E-state index in [1.807, 2.05) is 32.0 Å². The van der Waals surface area contributed by atoms with Gasteiger partial charge in [-0.25, -0.2) is 14.8 Å². The molecule has 0 saturated heterocycles. The number of aromatic nitrogens is 2. The zero-order chi connectivity index (χ0) is 16.3. The zero-order valence-electron chi connectivity index (χ0n) is 12.8. The second kappa shape index (κ2) is 8.38. The third-order valence-corrected chi connectivity index (χ3v) is 4.41. The van der Waals surface area contributed by atoms with Gasteiger partial charge in [-0.1, -0.05) is 35.5 Å². The molecule has 0 aliphatic rings. The van der Waals surface area contributed by atoms with E-state index in [9.17, 15) is 4.79 Å². The molecule has 2 N–H and O–H groups in total. The van der Waals surface area contributed by atoms with Gasteiger partial charge in [0.05, 0.1) is 15.6 Å². The monoisotopic (exact) mass is 373 g/mol. The summed E-state index contributed by atoms with van der Waals surface area (Å²) in [7, 11) is 0. The molecule has 0 radical (unpaired) electrons. The molecule has 0 bridgehead atoms. The molecule has 0 amide bonds. The molecule has 1 aromatic heterocycles. The fraction of sp³-hybridized carbons (Fsp3) is 0.267. The van der Waals surface area contributed by atoms with Crippen molar-refractivity contribution in [2.24, 2.45) is 0 Å². The van der Waals surface area contributed by atoms with E-state index in [0.29, 0.717) is 16.5 Å². The summed E-state index contributed by atoms with van der Waals surface area (Å²) in [6.07, 6.45) is 0. The molecule has 2 rings (SSSR count). The van der Waals surface area contributed by atoms with Crippen molar-refractivity contribution < 1.29 is 9.90 Å². The second-order valence-corrected chi connectivity index (χ2v) is 6.41. The lowest BCUT2D eigenvalue weighted by atomic mass is 10.3. The van der Waals surface area contributed by atoms with E-state index in [1.54, 1.807) is 13.0 Å². The van der Waals surface area contributed by atoms with Gasteiger partial charge in [0.1, 0.15) is 5.82 Å². The van der Waals surface area contributed by atoms with E-state index in [1.165, 1.54) is 11.8 Å². The van der Waals surface area contributed by atoms with Crippen LogP contribution in [0.4, 0.5) is 5.82 Å². The Hall–Kier alpha value is -1.50. The van der Waals surface area contributed by atoms with Gasteiger partial charge in [-0.15, -0.1) is 12.4 Å². The van der Waals surface area contributed by atoms with Crippen molar-refractivity contribution in [3.05, 3.63) is 40.8 Å². The molecule has 0 unspecified atom stereocenters. The largest absolute Gasteiger partial charge is 0.475 e. The van der Waals surface area contributed by atoms with Gasteiger partial charge in [0.2, 0.25) is 5.82 Å². The number of hydrogen-bond acceptors (Lipinski definition) is 5. The first-order chi connectivity index (χ1) is 10.4. The van der Waals surface area contributed by atoms with Gasteiger partial charge in [0.25, 0.3) is 0 Å². The normalized spacial score (nSPS) is 10.3. The number of rotatable bonds is 5. The van der Waals surface area contributed by atoms with Crippen molar-refractivity contribution in [1.29, 1.82) is 0 Å². The highest BCUT2D eigenvalue weighted by molar-refractivity contribution is 7.99. The number of nitrogens with zero attached hydrogens (tertiary/aromatic N) is 2. The fourth-order valence-corrected chi connectivity index (χ4v) is 2.97. The number of carbonyl (C=O) groups is 1. The number of aryl methyl sites for hydroxylation is 1. The molecule has 0 saturated carbocycles. The highest BCUT2D eigenvalue weighted by Gasteiger charge is 2.18. The van der Waals surface area contributed by atoms with Gasteiger partial charge in [0.15, 0.2) is 0 Å². The Morgan fingerprint density at radius 3 is 2.52 bits per heavy atom. The van der Waals surface area contributed by atoms with E-state index >= 15 is 0 Å². The summed E-state index contributed by atoms with van der Waals surface area (Å²) in [5.74, 6) is -0.863. The second-order valence-electron chi connectivity index (χ2n) is 4.95. The van der Waals surface area contributed by atoms with Crippen molar-refractivity contribution >= 4 is 47.6 Å². The summed E-state index contributed by atoms with van der Waals surface area (Å²) in [5, 5.41) is 12.9. The van der Waals surface area contributed by atoms with Crippen molar-refractivity contribution in [1.82, 2.24) is 9.97 Å². The smallest absolute Gasteiger partial charge is 0.374 e. The minimum absolute atomic E-state index is 0. The number of anilines is 1. The molecule has 0 atom stereocenters. The van der Waals surface area contributed by atoms with Gasteiger partial charge in [-0.3, -0.25) is 0 Å². The molecule has 0 aliphatic carbocycles. The highest BCUT2D eigenvalue weighted by atomic mass is 35.5. The van der Waals surface area contributed by atoms with E-state index in [2.05, 4.69) is 15.3 Å².